The molecular formula is C21H23N5S2. The van der Waals surface area contributed by atoms with Crippen molar-refractivity contribution in [3.05, 3.63) is 63.9 Å². The standard InChI is InChI=1S/C21H23N5S2/c1-14-9-11-16(12-10-14)19-23-26(21(27)25(19)4)13-24(3)15(2)20-22-17-7-5-6-8-18(17)28-20/h5-12,15H,13H2,1-4H3/t15-/m1/s1. The largest absolute Gasteiger partial charge is 0.303 e. The number of nitrogens with zero attached hydrogens (tertiary/aromatic N) is 5. The maximum atomic E-state index is 5.64. The van der Waals surface area contributed by atoms with Crippen molar-refractivity contribution in [3.8, 4) is 11.4 Å². The van der Waals surface area contributed by atoms with Gasteiger partial charge < -0.3 is 4.57 Å². The molecule has 0 aliphatic carbocycles. The summed E-state index contributed by atoms with van der Waals surface area (Å²) in [6, 6.07) is 16.8. The topological polar surface area (TPSA) is 38.9 Å². The molecule has 2 heterocycles. The number of rotatable bonds is 5. The van der Waals surface area contributed by atoms with Gasteiger partial charge in [-0.1, -0.05) is 42.0 Å². The summed E-state index contributed by atoms with van der Waals surface area (Å²) >= 11 is 7.38. The molecule has 0 saturated heterocycles. The van der Waals surface area contributed by atoms with Crippen molar-refractivity contribution >= 4 is 33.8 Å². The maximum absolute atomic E-state index is 5.64. The second kappa shape index (κ2) is 7.58. The first-order valence-corrected chi connectivity index (χ1v) is 10.4. The summed E-state index contributed by atoms with van der Waals surface area (Å²) in [5.41, 5.74) is 3.35. The van der Waals surface area contributed by atoms with E-state index in [1.807, 2.05) is 22.4 Å². The first-order chi connectivity index (χ1) is 13.4. The van der Waals surface area contributed by atoms with Crippen molar-refractivity contribution in [2.75, 3.05) is 7.05 Å². The zero-order valence-electron chi connectivity index (χ0n) is 16.5. The van der Waals surface area contributed by atoms with E-state index in [1.54, 1.807) is 11.3 Å². The fourth-order valence-electron chi connectivity index (χ4n) is 3.13. The molecule has 0 aliphatic heterocycles. The van der Waals surface area contributed by atoms with Crippen LogP contribution < -0.4 is 0 Å². The van der Waals surface area contributed by atoms with Crippen LogP contribution >= 0.6 is 23.6 Å². The zero-order chi connectivity index (χ0) is 19.8. The van der Waals surface area contributed by atoms with Crippen molar-refractivity contribution in [1.29, 1.82) is 0 Å². The highest BCUT2D eigenvalue weighted by molar-refractivity contribution is 7.71. The van der Waals surface area contributed by atoms with E-state index in [0.717, 1.165) is 21.9 Å². The summed E-state index contributed by atoms with van der Waals surface area (Å²) in [6.07, 6.45) is 0. The Labute approximate surface area is 173 Å². The Balaban J connectivity index is 1.58. The molecule has 4 rings (SSSR count). The van der Waals surface area contributed by atoms with Crippen LogP contribution in [0.4, 0.5) is 0 Å². The molecule has 2 aromatic heterocycles. The number of hydrogen-bond donors (Lipinski definition) is 0. The molecule has 5 nitrogen and oxygen atoms in total. The third-order valence-corrected chi connectivity index (χ3v) is 6.73. The molecule has 0 fully saturated rings. The number of para-hydroxylation sites is 1. The highest BCUT2D eigenvalue weighted by Gasteiger charge is 2.18. The SMILES string of the molecule is Cc1ccc(-c2nn(CN(C)[C@H](C)c3nc4ccccc4s3)c(=S)n2C)cc1. The monoisotopic (exact) mass is 409 g/mol. The van der Waals surface area contributed by atoms with Gasteiger partial charge in [-0.15, -0.1) is 11.3 Å². The highest BCUT2D eigenvalue weighted by Crippen LogP contribution is 2.29. The molecule has 0 spiro atoms. The minimum absolute atomic E-state index is 0.170. The van der Waals surface area contributed by atoms with Gasteiger partial charge >= 0.3 is 0 Å². The van der Waals surface area contributed by atoms with Gasteiger partial charge in [0.15, 0.2) is 10.6 Å². The number of benzene rings is 2. The number of hydrogen-bond acceptors (Lipinski definition) is 5. The molecule has 0 N–H and O–H groups in total. The van der Waals surface area contributed by atoms with E-state index in [-0.39, 0.29) is 6.04 Å². The second-order valence-electron chi connectivity index (χ2n) is 7.12. The Kier molecular flexibility index (Phi) is 5.14. The summed E-state index contributed by atoms with van der Waals surface area (Å²) in [7, 11) is 4.05. The molecule has 0 saturated carbocycles. The molecule has 0 amide bonds. The molecule has 2 aromatic carbocycles. The van der Waals surface area contributed by atoms with Crippen molar-refractivity contribution in [2.24, 2.45) is 7.05 Å². The first kappa shape index (κ1) is 19.0. The van der Waals surface area contributed by atoms with E-state index in [4.69, 9.17) is 22.3 Å². The fourth-order valence-corrected chi connectivity index (χ4v) is 4.39. The lowest BCUT2D eigenvalue weighted by Crippen LogP contribution is -2.26. The molecule has 1 atom stereocenters. The van der Waals surface area contributed by atoms with Crippen LogP contribution in [-0.2, 0) is 13.7 Å². The van der Waals surface area contributed by atoms with Crippen molar-refractivity contribution in [1.82, 2.24) is 24.2 Å². The van der Waals surface area contributed by atoms with Gasteiger partial charge in [0, 0.05) is 12.6 Å². The maximum Gasteiger partial charge on any atom is 0.199 e. The lowest BCUT2D eigenvalue weighted by atomic mass is 10.1. The van der Waals surface area contributed by atoms with Gasteiger partial charge in [-0.2, -0.15) is 5.10 Å². The summed E-state index contributed by atoms with van der Waals surface area (Å²) in [5, 5.41) is 5.89. The molecule has 0 radical (unpaired) electrons. The van der Waals surface area contributed by atoms with Gasteiger partial charge in [-0.25, -0.2) is 9.67 Å². The summed E-state index contributed by atoms with van der Waals surface area (Å²) in [6.45, 7) is 4.86. The van der Waals surface area contributed by atoms with E-state index in [2.05, 4.69) is 68.3 Å². The van der Waals surface area contributed by atoms with Crippen LogP contribution in [0.1, 0.15) is 23.5 Å². The molecule has 0 aliphatic rings. The number of fused-ring (bicyclic) bond motifs is 1. The van der Waals surface area contributed by atoms with Crippen LogP contribution in [0, 0.1) is 11.7 Å². The molecule has 28 heavy (non-hydrogen) atoms. The summed E-state index contributed by atoms with van der Waals surface area (Å²) in [4.78, 5) is 7.01. The van der Waals surface area contributed by atoms with Crippen LogP contribution in [-0.4, -0.2) is 31.3 Å². The predicted molar refractivity (Wildman–Crippen MR) is 118 cm³/mol. The average Bonchev–Trinajstić information content (AvgIpc) is 3.25. The fraction of sp³-hybridized carbons (Fsp3) is 0.286. The normalized spacial score (nSPS) is 12.8. The third kappa shape index (κ3) is 3.53. The van der Waals surface area contributed by atoms with Gasteiger partial charge in [0.25, 0.3) is 0 Å². The average molecular weight is 410 g/mol. The lowest BCUT2D eigenvalue weighted by molar-refractivity contribution is 0.194. The van der Waals surface area contributed by atoms with Gasteiger partial charge in [0.1, 0.15) is 5.01 Å². The molecule has 7 heteroatoms. The molecule has 0 unspecified atom stereocenters. The molecular weight excluding hydrogens is 386 g/mol. The highest BCUT2D eigenvalue weighted by atomic mass is 32.1. The minimum Gasteiger partial charge on any atom is -0.303 e. The zero-order valence-corrected chi connectivity index (χ0v) is 18.1. The van der Waals surface area contributed by atoms with Crippen molar-refractivity contribution in [2.45, 2.75) is 26.6 Å². The lowest BCUT2D eigenvalue weighted by Gasteiger charge is -2.22. The molecule has 144 valence electrons. The van der Waals surface area contributed by atoms with E-state index in [1.165, 1.54) is 10.3 Å². The van der Waals surface area contributed by atoms with Gasteiger partial charge in [-0.05, 0) is 45.2 Å². The first-order valence-electron chi connectivity index (χ1n) is 9.20. The molecule has 4 aromatic rings. The van der Waals surface area contributed by atoms with Crippen molar-refractivity contribution in [3.63, 3.8) is 0 Å². The number of aromatic nitrogens is 4. The van der Waals surface area contributed by atoms with Crippen LogP contribution in [0.3, 0.4) is 0 Å². The summed E-state index contributed by atoms with van der Waals surface area (Å²) in [5.74, 6) is 0.881. The van der Waals surface area contributed by atoms with Crippen LogP contribution in [0.2, 0.25) is 0 Å². The van der Waals surface area contributed by atoms with Gasteiger partial charge in [0.05, 0.1) is 22.9 Å². The van der Waals surface area contributed by atoms with Crippen LogP contribution in [0.25, 0.3) is 21.6 Å². The Bertz CT molecular complexity index is 1140. The third-order valence-electron chi connectivity index (χ3n) is 5.04. The van der Waals surface area contributed by atoms with Crippen LogP contribution in [0.15, 0.2) is 48.5 Å². The summed E-state index contributed by atoms with van der Waals surface area (Å²) < 4.78 is 5.78. The predicted octanol–water partition coefficient (Wildman–Crippen LogP) is 5.19. The quantitative estimate of drug-likeness (QED) is 0.425. The molecule has 0 bridgehead atoms. The Morgan fingerprint density at radius 3 is 2.57 bits per heavy atom. The van der Waals surface area contributed by atoms with E-state index in [9.17, 15) is 0 Å². The van der Waals surface area contributed by atoms with E-state index < -0.39 is 0 Å². The van der Waals surface area contributed by atoms with Crippen molar-refractivity contribution < 1.29 is 0 Å². The number of aryl methyl sites for hydroxylation is 1. The van der Waals surface area contributed by atoms with Gasteiger partial charge in [0.2, 0.25) is 0 Å². The van der Waals surface area contributed by atoms with Gasteiger partial charge in [-0.3, -0.25) is 4.90 Å². The Morgan fingerprint density at radius 2 is 1.86 bits per heavy atom. The second-order valence-corrected chi connectivity index (χ2v) is 8.55. The smallest absolute Gasteiger partial charge is 0.199 e. The Hall–Kier alpha value is -2.35. The number of thiazole rings is 1. The van der Waals surface area contributed by atoms with E-state index in [0.29, 0.717) is 11.4 Å². The van der Waals surface area contributed by atoms with E-state index >= 15 is 0 Å². The van der Waals surface area contributed by atoms with Crippen LogP contribution in [0.5, 0.6) is 0 Å². The minimum atomic E-state index is 0.170. The Morgan fingerprint density at radius 1 is 1.14 bits per heavy atom.